The molecule has 3 aromatic heterocycles. The number of aryl methyl sites for hydroxylation is 1. The van der Waals surface area contributed by atoms with E-state index in [-0.39, 0.29) is 5.41 Å². The predicted octanol–water partition coefficient (Wildman–Crippen LogP) is 18.3. The van der Waals surface area contributed by atoms with Crippen LogP contribution >= 0.6 is 11.3 Å². The average Bonchev–Trinajstić information content (AvgIpc) is 3.83. The first-order valence-corrected chi connectivity index (χ1v) is 25.5. The Morgan fingerprint density at radius 1 is 0.671 bits per heavy atom. The fraction of sp³-hybridized carbons (Fsp3) is 0.172. The molecule has 0 bridgehead atoms. The molecule has 0 N–H and O–H groups in total. The molecule has 4 heterocycles. The van der Waals surface area contributed by atoms with Crippen LogP contribution in [0.3, 0.4) is 0 Å². The van der Waals surface area contributed by atoms with Gasteiger partial charge in [-0.1, -0.05) is 181 Å². The van der Waals surface area contributed by atoms with Crippen molar-refractivity contribution in [3.63, 3.8) is 0 Å². The van der Waals surface area contributed by atoms with Crippen molar-refractivity contribution in [1.82, 2.24) is 19.5 Å². The Labute approximate surface area is 419 Å². The van der Waals surface area contributed by atoms with E-state index in [9.17, 15) is 0 Å². The number of fused-ring (bicyclic) bond motifs is 7. The molecule has 70 heavy (non-hydrogen) atoms. The topological polar surface area (TPSA) is 46.8 Å². The summed E-state index contributed by atoms with van der Waals surface area (Å²) in [6, 6.07) is 46.4. The number of para-hydroxylation sites is 2. The van der Waals surface area contributed by atoms with Gasteiger partial charge in [-0.05, 0) is 103 Å². The van der Waals surface area contributed by atoms with Crippen molar-refractivity contribution in [2.24, 2.45) is 0 Å². The molecule has 350 valence electrons. The van der Waals surface area contributed by atoms with Gasteiger partial charge in [0.05, 0.1) is 38.9 Å². The molecule has 0 spiro atoms. The molecule has 0 fully saturated rings. The lowest BCUT2D eigenvalue weighted by Gasteiger charge is -2.42. The molecule has 0 saturated carbocycles. The van der Waals surface area contributed by atoms with E-state index in [1.54, 1.807) is 11.3 Å². The highest BCUT2D eigenvalue weighted by atomic mass is 32.1. The highest BCUT2D eigenvalue weighted by Gasteiger charge is 2.37. The number of anilines is 3. The molecule has 8 aromatic rings. The molecule has 0 saturated heterocycles. The summed E-state index contributed by atoms with van der Waals surface area (Å²) in [4.78, 5) is 19.4. The Morgan fingerprint density at radius 2 is 1.39 bits per heavy atom. The monoisotopic (exact) mass is 933 g/mol. The van der Waals surface area contributed by atoms with Gasteiger partial charge in [-0.3, -0.25) is 4.57 Å². The van der Waals surface area contributed by atoms with E-state index in [0.717, 1.165) is 69.5 Å². The largest absolute Gasteiger partial charge is 0.310 e. The second kappa shape index (κ2) is 22.2. The standard InChI is InChI=1S/C58H47N5S.2C2H6.C2H4/c1-4-5-10-31-53-59-49(39-21-11-6-7-12-22-39)38-54(61-53)63-50-34-32-41(36-45(50)44-27-17-19-29-48-56(55(44)63)64-57(60-48)40-23-13-8-14-24-40)42-33-35-52-47(37-42)58(2,3)46-28-18-20-30-51(46)62(52)43-25-15-9-16-26-43;3*1-2/h4-18,20-21,23-28,30-38H,19,22,29H2,1-3H3;2*1-2H3;1-2H2/b5-4-,27-17-,31-10+;;;. The molecule has 0 amide bonds. The van der Waals surface area contributed by atoms with E-state index in [1.165, 1.54) is 49.5 Å². The fourth-order valence-electron chi connectivity index (χ4n) is 9.52. The number of hydrogen-bond donors (Lipinski definition) is 0. The molecule has 5 nitrogen and oxygen atoms in total. The maximum absolute atomic E-state index is 5.35. The van der Waals surface area contributed by atoms with Crippen LogP contribution in [-0.4, -0.2) is 19.5 Å². The van der Waals surface area contributed by atoms with Gasteiger partial charge in [0, 0.05) is 33.7 Å². The Morgan fingerprint density at radius 3 is 2.17 bits per heavy atom. The van der Waals surface area contributed by atoms with Crippen LogP contribution in [0, 0.1) is 0 Å². The molecule has 6 heteroatoms. The van der Waals surface area contributed by atoms with Gasteiger partial charge in [-0.25, -0.2) is 15.0 Å². The zero-order chi connectivity index (χ0) is 49.2. The van der Waals surface area contributed by atoms with E-state index in [1.807, 2.05) is 58.9 Å². The second-order valence-corrected chi connectivity index (χ2v) is 18.0. The number of allylic oxidation sites excluding steroid dienone is 10. The van der Waals surface area contributed by atoms with Crippen molar-refractivity contribution in [3.05, 3.63) is 229 Å². The molecule has 11 rings (SSSR count). The third-order valence-corrected chi connectivity index (χ3v) is 13.8. The van der Waals surface area contributed by atoms with Gasteiger partial charge >= 0.3 is 0 Å². The number of thiazole rings is 1. The van der Waals surface area contributed by atoms with Crippen molar-refractivity contribution in [1.29, 1.82) is 0 Å². The number of hydrogen-bond acceptors (Lipinski definition) is 5. The van der Waals surface area contributed by atoms with E-state index in [4.69, 9.17) is 15.0 Å². The molecule has 1 aliphatic heterocycles. The van der Waals surface area contributed by atoms with E-state index < -0.39 is 0 Å². The average molecular weight is 934 g/mol. The molecule has 0 radical (unpaired) electrons. The zero-order valence-electron chi connectivity index (χ0n) is 41.7. The Balaban J connectivity index is 0.00000106. The van der Waals surface area contributed by atoms with Crippen LogP contribution in [0.2, 0.25) is 0 Å². The molecule has 0 unspecified atom stereocenters. The molecular formula is C64H63N5S. The first kappa shape index (κ1) is 48.8. The highest BCUT2D eigenvalue weighted by molar-refractivity contribution is 7.18. The normalized spacial score (nSPS) is 14.5. The lowest BCUT2D eigenvalue weighted by Crippen LogP contribution is -2.30. The van der Waals surface area contributed by atoms with Crippen LogP contribution < -0.4 is 4.90 Å². The summed E-state index contributed by atoms with van der Waals surface area (Å²) >= 11 is 1.78. The minimum absolute atomic E-state index is 0.222. The lowest BCUT2D eigenvalue weighted by molar-refractivity contribution is 0.632. The van der Waals surface area contributed by atoms with Gasteiger partial charge in [0.2, 0.25) is 0 Å². The number of nitrogens with zero attached hydrogens (tertiary/aromatic N) is 5. The minimum Gasteiger partial charge on any atom is -0.310 e. The summed E-state index contributed by atoms with van der Waals surface area (Å²) < 4.78 is 2.38. The maximum atomic E-state index is 5.35. The molecule has 3 aliphatic rings. The second-order valence-electron chi connectivity index (χ2n) is 17.0. The van der Waals surface area contributed by atoms with Gasteiger partial charge < -0.3 is 4.90 Å². The summed E-state index contributed by atoms with van der Waals surface area (Å²) in [5.41, 5.74) is 16.0. The van der Waals surface area contributed by atoms with Crippen molar-refractivity contribution >= 4 is 57.0 Å². The van der Waals surface area contributed by atoms with E-state index >= 15 is 0 Å². The zero-order valence-corrected chi connectivity index (χ0v) is 42.5. The van der Waals surface area contributed by atoms with E-state index in [0.29, 0.717) is 5.82 Å². The van der Waals surface area contributed by atoms with Crippen molar-refractivity contribution < 1.29 is 0 Å². The van der Waals surface area contributed by atoms with Gasteiger partial charge in [-0.2, -0.15) is 0 Å². The number of benzene rings is 5. The molecule has 0 atom stereocenters. The number of aromatic nitrogens is 4. The Kier molecular flexibility index (Phi) is 15.5. The van der Waals surface area contributed by atoms with Crippen LogP contribution in [0.4, 0.5) is 17.1 Å². The van der Waals surface area contributed by atoms with Crippen molar-refractivity contribution in [3.8, 4) is 38.1 Å². The van der Waals surface area contributed by atoms with Gasteiger partial charge in [0.1, 0.15) is 10.8 Å². The summed E-state index contributed by atoms with van der Waals surface area (Å²) in [6.07, 6.45) is 25.9. The third-order valence-electron chi connectivity index (χ3n) is 12.7. The van der Waals surface area contributed by atoms with Crippen molar-refractivity contribution in [2.45, 2.75) is 73.1 Å². The molecule has 2 aliphatic carbocycles. The predicted molar refractivity (Wildman–Crippen MR) is 304 cm³/mol. The lowest BCUT2D eigenvalue weighted by atomic mass is 9.73. The van der Waals surface area contributed by atoms with Crippen LogP contribution in [0.5, 0.6) is 0 Å². The SMILES string of the molecule is C/C=C\C=C\c1nc(C2=CC=CC=CC2)cc(-n2c3c(c4cc(-c5ccc6c(c5)C(C)(C)c5ccccc5N6c5ccccc5)ccc42)/C=C\CCc2nc(-c4ccccc4)sc2-3)n1.C=C.CC.CC. The summed E-state index contributed by atoms with van der Waals surface area (Å²) in [6.45, 7) is 20.7. The molecule has 5 aromatic carbocycles. The number of rotatable bonds is 7. The first-order valence-electron chi connectivity index (χ1n) is 24.7. The minimum atomic E-state index is -0.222. The Bertz CT molecular complexity index is 3300. The molecular weight excluding hydrogens is 871 g/mol. The summed E-state index contributed by atoms with van der Waals surface area (Å²) in [5, 5.41) is 2.20. The van der Waals surface area contributed by atoms with E-state index in [2.05, 4.69) is 206 Å². The summed E-state index contributed by atoms with van der Waals surface area (Å²) in [7, 11) is 0. The van der Waals surface area contributed by atoms with Crippen LogP contribution in [-0.2, 0) is 11.8 Å². The highest BCUT2D eigenvalue weighted by Crippen LogP contribution is 2.53. The van der Waals surface area contributed by atoms with Gasteiger partial charge in [-0.15, -0.1) is 24.5 Å². The first-order chi connectivity index (χ1) is 34.5. The fourth-order valence-corrected chi connectivity index (χ4v) is 10.7. The van der Waals surface area contributed by atoms with Crippen LogP contribution in [0.25, 0.3) is 66.7 Å². The smallest absolute Gasteiger partial charge is 0.154 e. The quantitative estimate of drug-likeness (QED) is 0.118. The maximum Gasteiger partial charge on any atom is 0.154 e. The van der Waals surface area contributed by atoms with Gasteiger partial charge in [0.25, 0.3) is 0 Å². The Hall–Kier alpha value is -7.67. The third kappa shape index (κ3) is 9.40. The van der Waals surface area contributed by atoms with Crippen molar-refractivity contribution in [2.75, 3.05) is 4.90 Å². The van der Waals surface area contributed by atoms with Crippen LogP contribution in [0.1, 0.15) is 95.2 Å². The van der Waals surface area contributed by atoms with Gasteiger partial charge in [0.15, 0.2) is 5.82 Å². The summed E-state index contributed by atoms with van der Waals surface area (Å²) in [5.74, 6) is 1.49. The van der Waals surface area contributed by atoms with Crippen LogP contribution in [0.15, 0.2) is 195 Å².